The smallest absolute Gasteiger partial charge is 0.268 e. The maximum Gasteiger partial charge on any atom is 0.268 e. The van der Waals surface area contributed by atoms with Gasteiger partial charge in [-0.15, -0.1) is 0 Å². The third-order valence-electron chi connectivity index (χ3n) is 1.94. The molecule has 2 nitrogen and oxygen atoms in total. The molecule has 0 aliphatic carbocycles. The van der Waals surface area contributed by atoms with Crippen molar-refractivity contribution in [2.75, 3.05) is 7.11 Å². The van der Waals surface area contributed by atoms with E-state index in [1.165, 1.54) is 26.2 Å². The minimum atomic E-state index is -2.77. The van der Waals surface area contributed by atoms with Crippen LogP contribution >= 0.6 is 11.6 Å². The molecule has 1 aromatic carbocycles. The highest BCUT2D eigenvalue weighted by molar-refractivity contribution is 6.31. The van der Waals surface area contributed by atoms with Gasteiger partial charge in [-0.3, -0.25) is 4.79 Å². The molecule has 0 aliphatic heterocycles. The quantitative estimate of drug-likeness (QED) is 0.749. The summed E-state index contributed by atoms with van der Waals surface area (Å²) in [5.74, 6) is -0.490. The average molecular weight is 235 g/mol. The van der Waals surface area contributed by atoms with E-state index in [9.17, 15) is 13.6 Å². The number of carbonyl (C=O) groups is 1. The van der Waals surface area contributed by atoms with Crippen molar-refractivity contribution in [3.63, 3.8) is 0 Å². The lowest BCUT2D eigenvalue weighted by Gasteiger charge is -2.12. The predicted octanol–water partition coefficient (Wildman–Crippen LogP) is 3.49. The van der Waals surface area contributed by atoms with Gasteiger partial charge >= 0.3 is 0 Å². The Balaban J connectivity index is 3.47. The highest BCUT2D eigenvalue weighted by atomic mass is 35.5. The molecule has 0 aliphatic rings. The molecule has 82 valence electrons. The van der Waals surface area contributed by atoms with Crippen molar-refractivity contribution < 1.29 is 18.3 Å². The molecule has 1 aromatic rings. The number of ether oxygens (including phenoxy) is 1. The number of carbonyl (C=O) groups excluding carboxylic acids is 1. The highest BCUT2D eigenvalue weighted by Crippen LogP contribution is 2.37. The molecule has 5 heteroatoms. The largest absolute Gasteiger partial charge is 0.495 e. The molecular weight excluding hydrogens is 226 g/mol. The van der Waals surface area contributed by atoms with E-state index in [0.717, 1.165) is 0 Å². The Hall–Kier alpha value is -1.16. The monoisotopic (exact) mass is 234 g/mol. The van der Waals surface area contributed by atoms with E-state index < -0.39 is 12.0 Å². The predicted molar refractivity (Wildman–Crippen MR) is 53.0 cm³/mol. The van der Waals surface area contributed by atoms with Crippen LogP contribution in [-0.2, 0) is 0 Å². The molecule has 0 amide bonds. The van der Waals surface area contributed by atoms with Crippen LogP contribution in [0.4, 0.5) is 8.78 Å². The lowest BCUT2D eigenvalue weighted by atomic mass is 10.1. The van der Waals surface area contributed by atoms with Crippen molar-refractivity contribution >= 4 is 17.4 Å². The van der Waals surface area contributed by atoms with Crippen LogP contribution in [0.25, 0.3) is 0 Å². The van der Waals surface area contributed by atoms with E-state index in [0.29, 0.717) is 0 Å². The fourth-order valence-corrected chi connectivity index (χ4v) is 1.51. The van der Waals surface area contributed by atoms with E-state index in [1.807, 2.05) is 0 Å². The number of alkyl halides is 2. The molecule has 1 rings (SSSR count). The summed E-state index contributed by atoms with van der Waals surface area (Å²) in [4.78, 5) is 11.1. The number of benzene rings is 1. The van der Waals surface area contributed by atoms with Gasteiger partial charge in [-0.2, -0.15) is 0 Å². The first-order chi connectivity index (χ1) is 6.99. The van der Waals surface area contributed by atoms with Crippen LogP contribution in [0.15, 0.2) is 12.1 Å². The van der Waals surface area contributed by atoms with Crippen LogP contribution in [-0.4, -0.2) is 12.9 Å². The van der Waals surface area contributed by atoms with E-state index in [2.05, 4.69) is 0 Å². The number of rotatable bonds is 3. The Morgan fingerprint density at radius 1 is 1.47 bits per heavy atom. The van der Waals surface area contributed by atoms with Crippen molar-refractivity contribution in [1.82, 2.24) is 0 Å². The second-order valence-electron chi connectivity index (χ2n) is 2.90. The molecular formula is C10H9ClF2O2. The lowest BCUT2D eigenvalue weighted by Crippen LogP contribution is -2.02. The topological polar surface area (TPSA) is 26.3 Å². The van der Waals surface area contributed by atoms with Gasteiger partial charge in [0, 0.05) is 0 Å². The van der Waals surface area contributed by atoms with Crippen LogP contribution in [0, 0.1) is 0 Å². The van der Waals surface area contributed by atoms with Crippen molar-refractivity contribution in [3.8, 4) is 5.75 Å². The van der Waals surface area contributed by atoms with Gasteiger partial charge < -0.3 is 4.74 Å². The summed E-state index contributed by atoms with van der Waals surface area (Å²) in [5, 5.41) is -0.105. The van der Waals surface area contributed by atoms with Gasteiger partial charge in [-0.25, -0.2) is 8.78 Å². The zero-order valence-corrected chi connectivity index (χ0v) is 8.94. The van der Waals surface area contributed by atoms with Gasteiger partial charge in [0.05, 0.1) is 23.3 Å². The van der Waals surface area contributed by atoms with Gasteiger partial charge in [-0.1, -0.05) is 11.6 Å². The first-order valence-corrected chi connectivity index (χ1v) is 4.52. The minimum Gasteiger partial charge on any atom is -0.495 e. The number of Topliss-reactive ketones (excluding diaryl/α,β-unsaturated/α-hetero) is 1. The Bertz CT molecular complexity index is 391. The van der Waals surface area contributed by atoms with Crippen molar-refractivity contribution in [2.24, 2.45) is 0 Å². The van der Waals surface area contributed by atoms with Crippen molar-refractivity contribution in [3.05, 3.63) is 28.3 Å². The SMILES string of the molecule is COc1c(C(C)=O)ccc(Cl)c1C(F)F. The molecule has 0 spiro atoms. The Kier molecular flexibility index (Phi) is 3.63. The van der Waals surface area contributed by atoms with Gasteiger partial charge in [0.1, 0.15) is 5.75 Å². The normalized spacial score (nSPS) is 10.5. The molecule has 0 saturated heterocycles. The molecule has 0 heterocycles. The molecule has 0 fully saturated rings. The number of hydrogen-bond acceptors (Lipinski definition) is 2. The second kappa shape index (κ2) is 4.57. The summed E-state index contributed by atoms with van der Waals surface area (Å²) in [7, 11) is 1.23. The lowest BCUT2D eigenvalue weighted by molar-refractivity contribution is 0.101. The van der Waals surface area contributed by atoms with E-state index in [-0.39, 0.29) is 22.1 Å². The summed E-state index contributed by atoms with van der Waals surface area (Å²) in [6.07, 6.45) is -2.77. The maximum absolute atomic E-state index is 12.6. The van der Waals surface area contributed by atoms with Crippen LogP contribution in [0.1, 0.15) is 29.3 Å². The average Bonchev–Trinajstić information content (AvgIpc) is 2.15. The summed E-state index contributed by atoms with van der Waals surface area (Å²) in [6.45, 7) is 1.28. The fraction of sp³-hybridized carbons (Fsp3) is 0.300. The van der Waals surface area contributed by atoms with Gasteiger partial charge in [0.2, 0.25) is 0 Å². The zero-order valence-electron chi connectivity index (χ0n) is 8.18. The summed E-state index contributed by atoms with van der Waals surface area (Å²) < 4.78 is 30.1. The van der Waals surface area contributed by atoms with Crippen molar-refractivity contribution in [1.29, 1.82) is 0 Å². The van der Waals surface area contributed by atoms with E-state index in [4.69, 9.17) is 16.3 Å². The number of halogens is 3. The Labute approximate surface area is 90.8 Å². The molecule has 0 aromatic heterocycles. The van der Waals surface area contributed by atoms with Crippen LogP contribution in [0.3, 0.4) is 0 Å². The number of hydrogen-bond donors (Lipinski definition) is 0. The summed E-state index contributed by atoms with van der Waals surface area (Å²) in [5.41, 5.74) is -0.330. The zero-order chi connectivity index (χ0) is 11.6. The van der Waals surface area contributed by atoms with Gasteiger partial charge in [0.15, 0.2) is 5.78 Å². The highest BCUT2D eigenvalue weighted by Gasteiger charge is 2.22. The third kappa shape index (κ3) is 2.26. The molecule has 0 bridgehead atoms. The van der Waals surface area contributed by atoms with Crippen molar-refractivity contribution in [2.45, 2.75) is 13.3 Å². The molecule has 0 N–H and O–H groups in total. The fourth-order valence-electron chi connectivity index (χ4n) is 1.28. The molecule has 0 radical (unpaired) electrons. The van der Waals surface area contributed by atoms with E-state index >= 15 is 0 Å². The maximum atomic E-state index is 12.6. The van der Waals surface area contributed by atoms with Gasteiger partial charge in [0.25, 0.3) is 6.43 Å². The second-order valence-corrected chi connectivity index (χ2v) is 3.31. The van der Waals surface area contributed by atoms with E-state index in [1.54, 1.807) is 0 Å². The number of methoxy groups -OCH3 is 1. The standard InChI is InChI=1S/C10H9ClF2O2/c1-5(14)6-3-4-7(11)8(10(12)13)9(6)15-2/h3-4,10H,1-2H3. The molecule has 0 atom stereocenters. The van der Waals surface area contributed by atoms with Gasteiger partial charge in [-0.05, 0) is 19.1 Å². The minimum absolute atomic E-state index is 0.105. The summed E-state index contributed by atoms with van der Waals surface area (Å²) >= 11 is 5.61. The molecule has 0 saturated carbocycles. The van der Waals surface area contributed by atoms with Crippen LogP contribution in [0.2, 0.25) is 5.02 Å². The summed E-state index contributed by atoms with van der Waals surface area (Å²) in [6, 6.07) is 2.64. The number of ketones is 1. The molecule has 0 unspecified atom stereocenters. The first-order valence-electron chi connectivity index (χ1n) is 4.14. The van der Waals surface area contributed by atoms with Crippen LogP contribution < -0.4 is 4.74 Å². The molecule has 15 heavy (non-hydrogen) atoms. The third-order valence-corrected chi connectivity index (χ3v) is 2.27. The first kappa shape index (κ1) is 11.9. The van der Waals surface area contributed by atoms with Crippen LogP contribution in [0.5, 0.6) is 5.75 Å². The Morgan fingerprint density at radius 2 is 2.07 bits per heavy atom. The Morgan fingerprint density at radius 3 is 2.47 bits per heavy atom.